The zero-order valence-corrected chi connectivity index (χ0v) is 8.03. The third kappa shape index (κ3) is 1.38. The van der Waals surface area contributed by atoms with Crippen molar-refractivity contribution in [2.45, 2.75) is 0 Å². The maximum absolute atomic E-state index is 4.84. The number of nitrogens with zero attached hydrogens (tertiary/aromatic N) is 4. The zero-order chi connectivity index (χ0) is 7.68. The monoisotopic (exact) mass is 280 g/mol. The van der Waals surface area contributed by atoms with Crippen molar-refractivity contribution in [3.63, 3.8) is 0 Å². The van der Waals surface area contributed by atoms with E-state index >= 15 is 0 Å². The predicted octanol–water partition coefficient (Wildman–Crippen LogP) is 1.19. The Balaban J connectivity index is 2.45. The molecule has 0 aliphatic rings. The van der Waals surface area contributed by atoms with Gasteiger partial charge in [0, 0.05) is 28.0 Å². The second-order valence-corrected chi connectivity index (χ2v) is 3.23. The van der Waals surface area contributed by atoms with E-state index in [1.807, 2.05) is 22.6 Å². The van der Waals surface area contributed by atoms with Crippen LogP contribution in [-0.2, 0) is 0 Å². The van der Waals surface area contributed by atoms with E-state index in [1.165, 1.54) is 11.5 Å². The smallest absolute Gasteiger partial charge is 0.280 e. The molecular formula is C4HIN4OS. The molecule has 56 valence electrons. The fourth-order valence-corrected chi connectivity index (χ4v) is 1.31. The highest BCUT2D eigenvalue weighted by Crippen LogP contribution is 2.14. The van der Waals surface area contributed by atoms with Gasteiger partial charge in [-0.15, -0.1) is 5.10 Å². The molecule has 11 heavy (non-hydrogen) atoms. The van der Waals surface area contributed by atoms with Crippen LogP contribution in [0, 0.1) is 3.83 Å². The second kappa shape index (κ2) is 2.81. The van der Waals surface area contributed by atoms with Crippen LogP contribution < -0.4 is 0 Å². The minimum absolute atomic E-state index is 0.420. The minimum Gasteiger partial charge on any atom is -0.331 e. The lowest BCUT2D eigenvalue weighted by atomic mass is 10.5. The first-order valence-electron chi connectivity index (χ1n) is 2.63. The van der Waals surface area contributed by atoms with E-state index in [0.29, 0.717) is 15.4 Å². The number of halogens is 1. The molecular weight excluding hydrogens is 279 g/mol. The number of aromatic nitrogens is 4. The van der Waals surface area contributed by atoms with Gasteiger partial charge in [-0.2, -0.15) is 4.98 Å². The normalized spacial score (nSPS) is 10.3. The molecule has 0 amide bonds. The van der Waals surface area contributed by atoms with Crippen molar-refractivity contribution in [2.75, 3.05) is 0 Å². The van der Waals surface area contributed by atoms with Crippen molar-refractivity contribution in [3.05, 3.63) is 9.21 Å². The van der Waals surface area contributed by atoms with Crippen LogP contribution in [0.4, 0.5) is 0 Å². The van der Waals surface area contributed by atoms with Crippen LogP contribution in [0.1, 0.15) is 0 Å². The number of hydrogen-bond acceptors (Lipinski definition) is 6. The average molecular weight is 280 g/mol. The summed E-state index contributed by atoms with van der Waals surface area (Å²) in [5, 5.41) is 9.13. The Labute approximate surface area is 79.1 Å². The molecule has 0 radical (unpaired) electrons. The van der Waals surface area contributed by atoms with Gasteiger partial charge in [-0.3, -0.25) is 0 Å². The molecule has 0 N–H and O–H groups in total. The Kier molecular flexibility index (Phi) is 1.82. The molecule has 0 unspecified atom stereocenters. The van der Waals surface area contributed by atoms with Crippen LogP contribution in [0.3, 0.4) is 0 Å². The zero-order valence-electron chi connectivity index (χ0n) is 5.06. The van der Waals surface area contributed by atoms with Crippen molar-refractivity contribution in [1.29, 1.82) is 0 Å². The summed E-state index contributed by atoms with van der Waals surface area (Å²) in [4.78, 5) is 3.97. The quantitative estimate of drug-likeness (QED) is 0.734. The maximum Gasteiger partial charge on any atom is 0.280 e. The van der Waals surface area contributed by atoms with Crippen LogP contribution in [0.25, 0.3) is 11.6 Å². The molecule has 2 aromatic heterocycles. The molecule has 0 atom stereocenters. The van der Waals surface area contributed by atoms with E-state index in [1.54, 1.807) is 5.38 Å². The highest BCUT2D eigenvalue weighted by Gasteiger charge is 2.08. The fourth-order valence-electron chi connectivity index (χ4n) is 0.567. The van der Waals surface area contributed by atoms with Gasteiger partial charge in [0.1, 0.15) is 0 Å². The Morgan fingerprint density at radius 2 is 2.45 bits per heavy atom. The first-order valence-corrected chi connectivity index (χ1v) is 4.54. The summed E-state index contributed by atoms with van der Waals surface area (Å²) < 4.78 is 9.09. The molecule has 0 aliphatic carbocycles. The van der Waals surface area contributed by atoms with Crippen LogP contribution in [0.5, 0.6) is 0 Å². The molecule has 5 nitrogen and oxygen atoms in total. The molecule has 0 saturated carbocycles. The summed E-state index contributed by atoms with van der Waals surface area (Å²) in [5.74, 6) is 0.420. The van der Waals surface area contributed by atoms with Gasteiger partial charge in [0.05, 0.1) is 0 Å². The van der Waals surface area contributed by atoms with E-state index in [4.69, 9.17) is 4.52 Å². The second-order valence-electron chi connectivity index (χ2n) is 1.66. The largest absolute Gasteiger partial charge is 0.331 e. The molecule has 0 spiro atoms. The first kappa shape index (κ1) is 7.10. The van der Waals surface area contributed by atoms with Gasteiger partial charge in [-0.05, 0) is 11.5 Å². The van der Waals surface area contributed by atoms with Gasteiger partial charge in [-0.1, -0.05) is 9.64 Å². The van der Waals surface area contributed by atoms with E-state index < -0.39 is 0 Å². The summed E-state index contributed by atoms with van der Waals surface area (Å²) in [6, 6.07) is 0. The van der Waals surface area contributed by atoms with Gasteiger partial charge < -0.3 is 4.52 Å². The van der Waals surface area contributed by atoms with Crippen molar-refractivity contribution in [1.82, 2.24) is 19.7 Å². The Morgan fingerprint density at radius 3 is 3.00 bits per heavy atom. The SMILES string of the molecule is Ic1noc(-c2csnn2)n1. The standard InChI is InChI=1S/C4HIN4OS/c5-4-6-3(10-8-4)2-1-11-9-7-2/h1H. The van der Waals surface area contributed by atoms with Crippen molar-refractivity contribution >= 4 is 34.1 Å². The van der Waals surface area contributed by atoms with E-state index in [0.717, 1.165) is 0 Å². The van der Waals surface area contributed by atoms with E-state index in [-0.39, 0.29) is 0 Å². The van der Waals surface area contributed by atoms with Gasteiger partial charge >= 0.3 is 0 Å². The third-order valence-corrected chi connectivity index (χ3v) is 1.92. The Morgan fingerprint density at radius 1 is 1.55 bits per heavy atom. The average Bonchev–Trinajstić information content (AvgIpc) is 2.55. The topological polar surface area (TPSA) is 64.7 Å². The molecule has 0 saturated heterocycles. The molecule has 2 aromatic rings. The lowest BCUT2D eigenvalue weighted by Crippen LogP contribution is -1.77. The summed E-state index contributed by atoms with van der Waals surface area (Å²) >= 11 is 3.22. The Hall–Kier alpha value is -0.570. The van der Waals surface area contributed by atoms with Gasteiger partial charge in [0.2, 0.25) is 3.83 Å². The molecule has 2 heterocycles. The van der Waals surface area contributed by atoms with E-state index in [2.05, 4.69) is 19.7 Å². The molecule has 0 aromatic carbocycles. The summed E-state index contributed by atoms with van der Waals surface area (Å²) in [7, 11) is 0. The Bertz CT molecular complexity index is 345. The molecule has 0 bridgehead atoms. The van der Waals surface area contributed by atoms with Crippen LogP contribution in [0.15, 0.2) is 9.90 Å². The fraction of sp³-hybridized carbons (Fsp3) is 0. The first-order chi connectivity index (χ1) is 5.36. The van der Waals surface area contributed by atoms with Crippen molar-refractivity contribution in [2.24, 2.45) is 0 Å². The predicted molar refractivity (Wildman–Crippen MR) is 45.9 cm³/mol. The number of rotatable bonds is 1. The van der Waals surface area contributed by atoms with Crippen LogP contribution in [-0.4, -0.2) is 19.7 Å². The minimum atomic E-state index is 0.420. The molecule has 7 heteroatoms. The third-order valence-electron chi connectivity index (χ3n) is 0.980. The van der Waals surface area contributed by atoms with Crippen LogP contribution in [0.2, 0.25) is 0 Å². The van der Waals surface area contributed by atoms with E-state index in [9.17, 15) is 0 Å². The highest BCUT2D eigenvalue weighted by atomic mass is 127. The maximum atomic E-state index is 4.84. The lowest BCUT2D eigenvalue weighted by Gasteiger charge is -1.77. The molecule has 2 rings (SSSR count). The van der Waals surface area contributed by atoms with Gasteiger partial charge in [0.15, 0.2) is 5.69 Å². The van der Waals surface area contributed by atoms with Gasteiger partial charge in [-0.25, -0.2) is 0 Å². The summed E-state index contributed by atoms with van der Waals surface area (Å²) in [6.45, 7) is 0. The summed E-state index contributed by atoms with van der Waals surface area (Å²) in [5.41, 5.74) is 0.630. The van der Waals surface area contributed by atoms with Crippen LogP contribution >= 0.6 is 34.1 Å². The lowest BCUT2D eigenvalue weighted by molar-refractivity contribution is 0.424. The molecule has 0 aliphatic heterocycles. The summed E-state index contributed by atoms with van der Waals surface area (Å²) in [6.07, 6.45) is 0. The van der Waals surface area contributed by atoms with Crippen molar-refractivity contribution < 1.29 is 4.52 Å². The van der Waals surface area contributed by atoms with Crippen molar-refractivity contribution in [3.8, 4) is 11.6 Å². The highest BCUT2D eigenvalue weighted by molar-refractivity contribution is 14.1. The molecule has 0 fully saturated rings. The number of hydrogen-bond donors (Lipinski definition) is 0. The van der Waals surface area contributed by atoms with Gasteiger partial charge in [0.25, 0.3) is 5.89 Å².